The summed E-state index contributed by atoms with van der Waals surface area (Å²) >= 11 is 6.37. The molecule has 5 aromatic rings. The highest BCUT2D eigenvalue weighted by Gasteiger charge is 2.44. The Balaban J connectivity index is 1.11. The summed E-state index contributed by atoms with van der Waals surface area (Å²) in [7, 11) is 0. The fourth-order valence-corrected chi connectivity index (χ4v) is 6.03. The molecule has 1 aliphatic carbocycles. The van der Waals surface area contributed by atoms with Crippen molar-refractivity contribution in [3.8, 4) is 0 Å². The highest BCUT2D eigenvalue weighted by atomic mass is 35.5. The molecule has 6 rings (SSSR count). The smallest absolute Gasteiger partial charge is 0.407 e. The molecule has 4 atom stereocenters. The van der Waals surface area contributed by atoms with Crippen LogP contribution in [0.3, 0.4) is 0 Å². The topological polar surface area (TPSA) is 164 Å². The number of carbonyl (C=O) groups is 2. The van der Waals surface area contributed by atoms with E-state index in [2.05, 4.69) is 55.2 Å². The average Bonchev–Trinajstić information content (AvgIpc) is 3.64. The van der Waals surface area contributed by atoms with E-state index < -0.39 is 36.3 Å². The highest BCUT2D eigenvalue weighted by Crippen LogP contribution is 2.35. The molecule has 0 spiro atoms. The number of ether oxygens (including phenoxy) is 1. The number of anilines is 1. The zero-order valence-electron chi connectivity index (χ0n) is 25.2. The monoisotopic (exact) mass is 655 g/mol. The summed E-state index contributed by atoms with van der Waals surface area (Å²) < 4.78 is 6.77. The second-order valence-corrected chi connectivity index (χ2v) is 11.6. The van der Waals surface area contributed by atoms with E-state index in [1.54, 1.807) is 4.57 Å². The highest BCUT2D eigenvalue weighted by molar-refractivity contribution is 6.28. The van der Waals surface area contributed by atoms with E-state index in [0.29, 0.717) is 23.5 Å². The summed E-state index contributed by atoms with van der Waals surface area (Å²) in [5, 5.41) is 30.3. The van der Waals surface area contributed by atoms with E-state index >= 15 is 0 Å². The zero-order chi connectivity index (χ0) is 32.8. The molecule has 47 heavy (non-hydrogen) atoms. The number of alkyl carbamates (subject to hydrolysis) is 1. The van der Waals surface area contributed by atoms with Crippen LogP contribution in [0.1, 0.15) is 35.1 Å². The van der Waals surface area contributed by atoms with Gasteiger partial charge in [-0.3, -0.25) is 4.79 Å². The first-order valence-corrected chi connectivity index (χ1v) is 15.6. The second-order valence-electron chi connectivity index (χ2n) is 11.3. The first-order valence-electron chi connectivity index (χ1n) is 15.2. The number of amides is 2. The van der Waals surface area contributed by atoms with Crippen molar-refractivity contribution in [2.45, 2.75) is 43.2 Å². The van der Waals surface area contributed by atoms with Crippen LogP contribution in [0.2, 0.25) is 5.28 Å². The number of imidazole rings is 1. The Bertz CT molecular complexity index is 1770. The van der Waals surface area contributed by atoms with Crippen molar-refractivity contribution in [2.24, 2.45) is 0 Å². The Labute approximate surface area is 275 Å². The number of halogens is 1. The Hall–Kier alpha value is -5.04. The van der Waals surface area contributed by atoms with Gasteiger partial charge in [-0.25, -0.2) is 9.78 Å². The molecule has 3 aromatic carbocycles. The van der Waals surface area contributed by atoms with Gasteiger partial charge in [0.05, 0.1) is 18.4 Å². The van der Waals surface area contributed by atoms with Gasteiger partial charge in [0.25, 0.3) is 0 Å². The van der Waals surface area contributed by atoms with Gasteiger partial charge in [-0.2, -0.15) is 9.97 Å². The molecule has 0 aliphatic heterocycles. The van der Waals surface area contributed by atoms with Crippen LogP contribution in [0.15, 0.2) is 97.3 Å². The van der Waals surface area contributed by atoms with E-state index in [1.807, 2.05) is 66.7 Å². The van der Waals surface area contributed by atoms with Crippen molar-refractivity contribution >= 4 is 40.6 Å². The van der Waals surface area contributed by atoms with Gasteiger partial charge in [-0.1, -0.05) is 91.0 Å². The molecule has 0 bridgehead atoms. The van der Waals surface area contributed by atoms with Crippen LogP contribution in [0.4, 0.5) is 10.6 Å². The van der Waals surface area contributed by atoms with Gasteiger partial charge in [0, 0.05) is 12.5 Å². The van der Waals surface area contributed by atoms with E-state index in [1.165, 1.54) is 6.33 Å². The molecule has 0 unspecified atom stereocenters. The zero-order valence-corrected chi connectivity index (χ0v) is 26.0. The third-order valence-electron chi connectivity index (χ3n) is 8.23. The summed E-state index contributed by atoms with van der Waals surface area (Å²) in [5.41, 5.74) is 3.88. The lowest BCUT2D eigenvalue weighted by atomic mass is 9.91. The molecule has 12 nitrogen and oxygen atoms in total. The van der Waals surface area contributed by atoms with Crippen molar-refractivity contribution < 1.29 is 24.5 Å². The first-order chi connectivity index (χ1) is 22.9. The number of fused-ring (bicyclic) bond motifs is 1. The van der Waals surface area contributed by atoms with E-state index in [4.69, 9.17) is 16.3 Å². The summed E-state index contributed by atoms with van der Waals surface area (Å²) in [6.07, 6.45) is -1.58. The van der Waals surface area contributed by atoms with Gasteiger partial charge in [0.1, 0.15) is 25.4 Å². The quantitative estimate of drug-likeness (QED) is 0.133. The van der Waals surface area contributed by atoms with Gasteiger partial charge < -0.3 is 35.5 Å². The lowest BCUT2D eigenvalue weighted by molar-refractivity contribution is -0.121. The molecular weight excluding hydrogens is 622 g/mol. The molecule has 2 aromatic heterocycles. The van der Waals surface area contributed by atoms with Crippen molar-refractivity contribution in [3.63, 3.8) is 0 Å². The number of rotatable bonds is 11. The maximum absolute atomic E-state index is 12.6. The van der Waals surface area contributed by atoms with Crippen LogP contribution in [0.25, 0.3) is 11.2 Å². The normalized spacial score (nSPS) is 19.1. The molecule has 2 amide bonds. The summed E-state index contributed by atoms with van der Waals surface area (Å²) in [5.74, 6) is -0.101. The SMILES string of the molecule is O=C(CNC(=O)OCc1ccccc1)N[C@H]1C[C@@H](n2cnc3c(NCC(c4ccccc4)c4ccccc4)nc(Cl)nc32)[C@H](O)[C@@H]1O. The van der Waals surface area contributed by atoms with E-state index in [-0.39, 0.29) is 30.8 Å². The second kappa shape index (κ2) is 14.6. The minimum atomic E-state index is -1.28. The molecule has 1 aliphatic rings. The molecule has 5 N–H and O–H groups in total. The average molecular weight is 656 g/mol. The Morgan fingerprint density at radius 1 is 0.915 bits per heavy atom. The number of carbonyl (C=O) groups excluding carboxylic acids is 2. The molecular formula is C34H34ClN7O5. The Morgan fingerprint density at radius 3 is 2.21 bits per heavy atom. The van der Waals surface area contributed by atoms with Crippen molar-refractivity contribution in [2.75, 3.05) is 18.4 Å². The predicted octanol–water partition coefficient (Wildman–Crippen LogP) is 3.80. The number of benzene rings is 3. The largest absolute Gasteiger partial charge is 0.445 e. The van der Waals surface area contributed by atoms with Gasteiger partial charge in [-0.15, -0.1) is 0 Å². The van der Waals surface area contributed by atoms with Gasteiger partial charge in [0.2, 0.25) is 11.2 Å². The lowest BCUT2D eigenvalue weighted by Crippen LogP contribution is -2.46. The molecule has 242 valence electrons. The Morgan fingerprint density at radius 2 is 1.55 bits per heavy atom. The van der Waals surface area contributed by atoms with Crippen molar-refractivity contribution in [1.29, 1.82) is 0 Å². The van der Waals surface area contributed by atoms with E-state index in [0.717, 1.165) is 16.7 Å². The third kappa shape index (κ3) is 7.51. The number of aliphatic hydroxyl groups excluding tert-OH is 2. The lowest BCUT2D eigenvalue weighted by Gasteiger charge is -2.20. The number of hydrogen-bond acceptors (Lipinski definition) is 9. The number of aliphatic hydroxyl groups is 2. The fraction of sp³-hybridized carbons (Fsp3) is 0.265. The number of aromatic nitrogens is 4. The standard InChI is InChI=1S/C34H34ClN7O5/c35-33-40-31(36-17-24(22-12-6-2-7-13-22)23-14-8-3-9-15-23)28-32(41-33)42(20-38-28)26-16-25(29(44)30(26)45)39-27(43)18-37-34(46)47-19-21-10-4-1-5-11-21/h1-15,20,24-26,29-30,44-45H,16-19H2,(H,37,46)(H,39,43)(H,36,40,41)/t25-,26+,29+,30-/m0/s1. The van der Waals surface area contributed by atoms with Crippen LogP contribution in [0, 0.1) is 0 Å². The minimum Gasteiger partial charge on any atom is -0.445 e. The third-order valence-corrected chi connectivity index (χ3v) is 8.40. The summed E-state index contributed by atoms with van der Waals surface area (Å²) in [6.45, 7) is 0.195. The minimum absolute atomic E-state index is 0.0131. The first kappa shape index (κ1) is 31.9. The van der Waals surface area contributed by atoms with E-state index in [9.17, 15) is 19.8 Å². The van der Waals surface area contributed by atoms with Crippen LogP contribution in [0.5, 0.6) is 0 Å². The van der Waals surface area contributed by atoms with Crippen LogP contribution < -0.4 is 16.0 Å². The molecule has 1 saturated carbocycles. The number of nitrogens with one attached hydrogen (secondary N) is 3. The van der Waals surface area contributed by atoms with Gasteiger partial charge in [-0.05, 0) is 34.7 Å². The molecule has 0 saturated heterocycles. The number of nitrogens with zero attached hydrogens (tertiary/aromatic N) is 4. The predicted molar refractivity (Wildman–Crippen MR) is 176 cm³/mol. The maximum atomic E-state index is 12.6. The molecule has 2 heterocycles. The number of hydrogen-bond donors (Lipinski definition) is 5. The van der Waals surface area contributed by atoms with Crippen LogP contribution >= 0.6 is 11.6 Å². The Kier molecular flexibility index (Phi) is 9.91. The fourth-order valence-electron chi connectivity index (χ4n) is 5.86. The van der Waals surface area contributed by atoms with Crippen LogP contribution in [-0.2, 0) is 16.1 Å². The van der Waals surface area contributed by atoms with Crippen molar-refractivity contribution in [1.82, 2.24) is 30.2 Å². The van der Waals surface area contributed by atoms with Crippen molar-refractivity contribution in [3.05, 3.63) is 119 Å². The van der Waals surface area contributed by atoms with Gasteiger partial charge in [0.15, 0.2) is 17.0 Å². The molecule has 13 heteroatoms. The summed E-state index contributed by atoms with van der Waals surface area (Å²) in [6, 6.07) is 27.9. The summed E-state index contributed by atoms with van der Waals surface area (Å²) in [4.78, 5) is 38.0. The molecule has 0 radical (unpaired) electrons. The van der Waals surface area contributed by atoms with Crippen LogP contribution in [-0.4, -0.2) is 73.1 Å². The maximum Gasteiger partial charge on any atom is 0.407 e. The molecule has 1 fully saturated rings. The van der Waals surface area contributed by atoms with Gasteiger partial charge >= 0.3 is 6.09 Å².